The third kappa shape index (κ3) is 3.07. The Labute approximate surface area is 116 Å². The normalized spacial score (nSPS) is 12.5. The van der Waals surface area contributed by atoms with Crippen molar-refractivity contribution in [3.8, 4) is 0 Å². The van der Waals surface area contributed by atoms with Crippen LogP contribution in [-0.2, 0) is 0 Å². The maximum absolute atomic E-state index is 13.5. The molecule has 0 saturated heterocycles. The van der Waals surface area contributed by atoms with E-state index in [0.29, 0.717) is 5.89 Å². The Balaban J connectivity index is 2.22. The molecule has 2 rings (SSSR count). The number of benzene rings is 1. The van der Waals surface area contributed by atoms with E-state index in [-0.39, 0.29) is 22.2 Å². The Hall–Kier alpha value is -1.54. The molecule has 1 atom stereocenters. The van der Waals surface area contributed by atoms with Gasteiger partial charge in [0.2, 0.25) is 5.89 Å². The first kappa shape index (κ1) is 13.9. The van der Waals surface area contributed by atoms with Crippen molar-refractivity contribution in [2.45, 2.75) is 13.0 Å². The van der Waals surface area contributed by atoms with E-state index in [1.54, 1.807) is 7.05 Å². The summed E-state index contributed by atoms with van der Waals surface area (Å²) in [5, 5.41) is 13.1. The summed E-state index contributed by atoms with van der Waals surface area (Å²) in [7, 11) is 1.75. The second-order valence-electron chi connectivity index (χ2n) is 3.83. The molecule has 0 bridgehead atoms. The lowest BCUT2D eigenvalue weighted by atomic mass is 10.3. The number of hydrogen-bond acceptors (Lipinski definition) is 5. The van der Waals surface area contributed by atoms with E-state index in [1.807, 2.05) is 6.92 Å². The second kappa shape index (κ2) is 5.62. The molecule has 0 aliphatic heterocycles. The monoisotopic (exact) mass is 332 g/mol. The number of nitrogens with one attached hydrogen (secondary N) is 2. The fraction of sp³-hybridized carbons (Fsp3) is 0.273. The fourth-order valence-electron chi connectivity index (χ4n) is 1.32. The topological polar surface area (TPSA) is 63.0 Å². The fourth-order valence-corrected chi connectivity index (χ4v) is 1.66. The zero-order valence-electron chi connectivity index (χ0n) is 10.2. The molecule has 1 heterocycles. The van der Waals surface area contributed by atoms with Gasteiger partial charge < -0.3 is 15.1 Å². The smallest absolute Gasteiger partial charge is 0.320 e. The van der Waals surface area contributed by atoms with Crippen LogP contribution >= 0.6 is 15.9 Å². The van der Waals surface area contributed by atoms with Crippen molar-refractivity contribution >= 4 is 27.6 Å². The highest BCUT2D eigenvalue weighted by molar-refractivity contribution is 9.10. The summed E-state index contributed by atoms with van der Waals surface area (Å²) in [6.45, 7) is 1.84. The summed E-state index contributed by atoms with van der Waals surface area (Å²) in [5.74, 6) is -1.06. The minimum atomic E-state index is -0.748. The van der Waals surface area contributed by atoms with Crippen LogP contribution in [0.3, 0.4) is 0 Å². The number of halogens is 3. The first-order chi connectivity index (χ1) is 9.01. The minimum Gasteiger partial charge on any atom is -0.406 e. The third-order valence-electron chi connectivity index (χ3n) is 2.50. The SMILES string of the molecule is CNC(C)c1nnc(Nc2cc(Br)c(F)cc2F)o1. The molecule has 0 radical (unpaired) electrons. The number of hydrogen-bond donors (Lipinski definition) is 2. The van der Waals surface area contributed by atoms with Gasteiger partial charge in [-0.2, -0.15) is 0 Å². The maximum Gasteiger partial charge on any atom is 0.320 e. The van der Waals surface area contributed by atoms with Gasteiger partial charge in [-0.3, -0.25) is 0 Å². The second-order valence-corrected chi connectivity index (χ2v) is 4.68. The lowest BCUT2D eigenvalue weighted by molar-refractivity contribution is 0.443. The highest BCUT2D eigenvalue weighted by Gasteiger charge is 2.14. The molecule has 1 unspecified atom stereocenters. The minimum absolute atomic E-state index is 0.0366. The third-order valence-corrected chi connectivity index (χ3v) is 3.10. The number of nitrogens with zero attached hydrogens (tertiary/aromatic N) is 2. The van der Waals surface area contributed by atoms with E-state index in [1.165, 1.54) is 6.07 Å². The molecule has 1 aromatic carbocycles. The zero-order chi connectivity index (χ0) is 14.0. The average Bonchev–Trinajstić information content (AvgIpc) is 2.83. The highest BCUT2D eigenvalue weighted by Crippen LogP contribution is 2.26. The first-order valence-electron chi connectivity index (χ1n) is 5.43. The van der Waals surface area contributed by atoms with Crippen molar-refractivity contribution in [3.05, 3.63) is 34.1 Å². The van der Waals surface area contributed by atoms with Gasteiger partial charge in [-0.25, -0.2) is 8.78 Å². The van der Waals surface area contributed by atoms with E-state index in [2.05, 4.69) is 36.8 Å². The van der Waals surface area contributed by atoms with E-state index in [0.717, 1.165) is 6.07 Å². The number of aromatic nitrogens is 2. The van der Waals surface area contributed by atoms with Gasteiger partial charge in [0.05, 0.1) is 16.2 Å². The average molecular weight is 333 g/mol. The van der Waals surface area contributed by atoms with Gasteiger partial charge in [0.1, 0.15) is 11.6 Å². The molecular formula is C11H11BrF2N4O. The molecule has 0 aliphatic carbocycles. The van der Waals surface area contributed by atoms with E-state index in [9.17, 15) is 8.78 Å². The maximum atomic E-state index is 13.5. The van der Waals surface area contributed by atoms with Crippen LogP contribution in [0.4, 0.5) is 20.5 Å². The summed E-state index contributed by atoms with van der Waals surface area (Å²) in [4.78, 5) is 0. The molecule has 102 valence electrons. The van der Waals surface area contributed by atoms with Crippen molar-refractivity contribution < 1.29 is 13.2 Å². The van der Waals surface area contributed by atoms with Crippen LogP contribution in [-0.4, -0.2) is 17.2 Å². The zero-order valence-corrected chi connectivity index (χ0v) is 11.8. The van der Waals surface area contributed by atoms with Crippen LogP contribution in [0.5, 0.6) is 0 Å². The summed E-state index contributed by atoms with van der Waals surface area (Å²) >= 11 is 2.97. The molecule has 0 saturated carbocycles. The molecule has 19 heavy (non-hydrogen) atoms. The van der Waals surface area contributed by atoms with Gasteiger partial charge in [-0.15, -0.1) is 5.10 Å². The molecule has 2 aromatic rings. The van der Waals surface area contributed by atoms with E-state index in [4.69, 9.17) is 4.42 Å². The van der Waals surface area contributed by atoms with Crippen molar-refractivity contribution in [3.63, 3.8) is 0 Å². The molecule has 5 nitrogen and oxygen atoms in total. The van der Waals surface area contributed by atoms with Crippen molar-refractivity contribution in [1.29, 1.82) is 0 Å². The standard InChI is InChI=1S/C11H11BrF2N4O/c1-5(15-2)10-17-18-11(19-10)16-9-3-6(12)7(13)4-8(9)14/h3-5,15H,1-2H3,(H,16,18). The van der Waals surface area contributed by atoms with Crippen LogP contribution in [0.15, 0.2) is 21.0 Å². The van der Waals surface area contributed by atoms with Crippen molar-refractivity contribution in [2.24, 2.45) is 0 Å². The lowest BCUT2D eigenvalue weighted by Crippen LogP contribution is -2.12. The quantitative estimate of drug-likeness (QED) is 0.842. The molecular weight excluding hydrogens is 322 g/mol. The Bertz CT molecular complexity index is 590. The molecule has 0 spiro atoms. The summed E-state index contributed by atoms with van der Waals surface area (Å²) in [6.07, 6.45) is 0. The largest absolute Gasteiger partial charge is 0.406 e. The van der Waals surface area contributed by atoms with E-state index < -0.39 is 11.6 Å². The van der Waals surface area contributed by atoms with Crippen LogP contribution in [0.1, 0.15) is 18.9 Å². The van der Waals surface area contributed by atoms with Gasteiger partial charge in [-0.05, 0) is 36.0 Å². The van der Waals surface area contributed by atoms with Crippen LogP contribution < -0.4 is 10.6 Å². The molecule has 2 N–H and O–H groups in total. The van der Waals surface area contributed by atoms with Gasteiger partial charge >= 0.3 is 6.01 Å². The van der Waals surface area contributed by atoms with Crippen LogP contribution in [0.2, 0.25) is 0 Å². The summed E-state index contributed by atoms with van der Waals surface area (Å²) in [6, 6.07) is 1.94. The Kier molecular flexibility index (Phi) is 4.11. The van der Waals surface area contributed by atoms with Gasteiger partial charge in [0.15, 0.2) is 0 Å². The predicted octanol–water partition coefficient (Wildman–Crippen LogP) is 3.13. The van der Waals surface area contributed by atoms with Crippen LogP contribution in [0, 0.1) is 11.6 Å². The molecule has 1 aromatic heterocycles. The highest BCUT2D eigenvalue weighted by atomic mass is 79.9. The Morgan fingerprint density at radius 2 is 2.00 bits per heavy atom. The van der Waals surface area contributed by atoms with Gasteiger partial charge in [0.25, 0.3) is 0 Å². The van der Waals surface area contributed by atoms with E-state index >= 15 is 0 Å². The summed E-state index contributed by atoms with van der Waals surface area (Å²) < 4.78 is 32.0. The predicted molar refractivity (Wildman–Crippen MR) is 69.1 cm³/mol. The number of anilines is 2. The molecule has 0 amide bonds. The lowest BCUT2D eigenvalue weighted by Gasteiger charge is -2.05. The molecule has 0 aliphatic rings. The first-order valence-corrected chi connectivity index (χ1v) is 6.22. The molecule has 0 fully saturated rings. The molecule has 8 heteroatoms. The Morgan fingerprint density at radius 3 is 2.68 bits per heavy atom. The number of rotatable bonds is 4. The Morgan fingerprint density at radius 1 is 1.26 bits per heavy atom. The summed E-state index contributed by atoms with van der Waals surface area (Å²) in [5.41, 5.74) is 0.0422. The van der Waals surface area contributed by atoms with Crippen molar-refractivity contribution in [1.82, 2.24) is 15.5 Å². The van der Waals surface area contributed by atoms with Crippen LogP contribution in [0.25, 0.3) is 0 Å². The van der Waals surface area contributed by atoms with Gasteiger partial charge in [0, 0.05) is 6.07 Å². The van der Waals surface area contributed by atoms with Crippen molar-refractivity contribution in [2.75, 3.05) is 12.4 Å². The van der Waals surface area contributed by atoms with Gasteiger partial charge in [-0.1, -0.05) is 5.10 Å².